The molecule has 84 valence electrons. The summed E-state index contributed by atoms with van der Waals surface area (Å²) < 4.78 is 40.1. The first-order valence-corrected chi connectivity index (χ1v) is 4.61. The van der Waals surface area contributed by atoms with Gasteiger partial charge in [0.1, 0.15) is 0 Å². The maximum atomic E-state index is 11.6. The second-order valence-electron chi connectivity index (χ2n) is 3.22. The van der Waals surface area contributed by atoms with Gasteiger partial charge >= 0.3 is 6.18 Å². The predicted molar refractivity (Wildman–Crippen MR) is 43.6 cm³/mol. The summed E-state index contributed by atoms with van der Waals surface area (Å²) >= 11 is 0. The van der Waals surface area contributed by atoms with Crippen molar-refractivity contribution in [3.8, 4) is 0 Å². The van der Waals surface area contributed by atoms with Crippen LogP contribution in [0, 0.1) is 0 Å². The number of ether oxygens (including phenoxy) is 1. The van der Waals surface area contributed by atoms with Gasteiger partial charge in [-0.05, 0) is 19.3 Å². The van der Waals surface area contributed by atoms with Crippen LogP contribution in [0.1, 0.15) is 19.3 Å². The lowest BCUT2D eigenvalue weighted by atomic mass is 10.2. The Hall–Kier alpha value is -0.330. The zero-order valence-corrected chi connectivity index (χ0v) is 7.77. The zero-order chi connectivity index (χ0) is 10.4. The SMILES string of the molecule is FC(F)(F)CONCCC1CCCO1. The average molecular weight is 213 g/mol. The molecule has 1 saturated heterocycles. The molecule has 0 amide bonds. The van der Waals surface area contributed by atoms with Gasteiger partial charge in [-0.1, -0.05) is 0 Å². The molecule has 0 bridgehead atoms. The predicted octanol–water partition coefficient (Wildman–Crippen LogP) is 1.64. The molecule has 0 aromatic carbocycles. The first kappa shape index (κ1) is 11.7. The fourth-order valence-electron chi connectivity index (χ4n) is 1.30. The first-order chi connectivity index (χ1) is 6.58. The van der Waals surface area contributed by atoms with E-state index in [9.17, 15) is 13.2 Å². The van der Waals surface area contributed by atoms with Crippen molar-refractivity contribution in [2.75, 3.05) is 19.8 Å². The number of rotatable bonds is 5. The van der Waals surface area contributed by atoms with Crippen LogP contribution in [0.3, 0.4) is 0 Å². The normalized spacial score (nSPS) is 22.9. The summed E-state index contributed by atoms with van der Waals surface area (Å²) in [4.78, 5) is 4.23. The summed E-state index contributed by atoms with van der Waals surface area (Å²) in [7, 11) is 0. The fourth-order valence-corrected chi connectivity index (χ4v) is 1.30. The van der Waals surface area contributed by atoms with Crippen LogP contribution >= 0.6 is 0 Å². The van der Waals surface area contributed by atoms with Gasteiger partial charge in [0.2, 0.25) is 0 Å². The van der Waals surface area contributed by atoms with Gasteiger partial charge < -0.3 is 4.74 Å². The van der Waals surface area contributed by atoms with Gasteiger partial charge in [-0.25, -0.2) is 5.48 Å². The maximum absolute atomic E-state index is 11.6. The Labute approximate surface area is 80.5 Å². The Kier molecular flexibility index (Phi) is 4.64. The van der Waals surface area contributed by atoms with E-state index in [1.54, 1.807) is 0 Å². The van der Waals surface area contributed by atoms with Gasteiger partial charge in [-0.2, -0.15) is 13.2 Å². The van der Waals surface area contributed by atoms with Crippen molar-refractivity contribution in [3.63, 3.8) is 0 Å². The van der Waals surface area contributed by atoms with E-state index < -0.39 is 12.8 Å². The number of hydroxylamine groups is 1. The third kappa shape index (κ3) is 5.41. The molecule has 0 spiro atoms. The Balaban J connectivity index is 1.89. The van der Waals surface area contributed by atoms with Crippen molar-refractivity contribution in [2.24, 2.45) is 0 Å². The standard InChI is InChI=1S/C8H14F3NO2/c9-8(10,11)6-14-12-4-3-7-2-1-5-13-7/h7,12H,1-6H2. The molecule has 1 heterocycles. The summed E-state index contributed by atoms with van der Waals surface area (Å²) in [6, 6.07) is 0. The molecule has 1 aliphatic heterocycles. The van der Waals surface area contributed by atoms with E-state index in [1.165, 1.54) is 0 Å². The smallest absolute Gasteiger partial charge is 0.378 e. The largest absolute Gasteiger partial charge is 0.413 e. The molecule has 1 N–H and O–H groups in total. The summed E-state index contributed by atoms with van der Waals surface area (Å²) in [6.07, 6.45) is -1.37. The molecule has 1 rings (SSSR count). The first-order valence-electron chi connectivity index (χ1n) is 4.61. The lowest BCUT2D eigenvalue weighted by molar-refractivity contribution is -0.189. The second-order valence-corrected chi connectivity index (χ2v) is 3.22. The molecule has 0 aromatic heterocycles. The van der Waals surface area contributed by atoms with E-state index in [4.69, 9.17) is 4.74 Å². The molecule has 1 fully saturated rings. The molecule has 14 heavy (non-hydrogen) atoms. The van der Waals surface area contributed by atoms with Crippen LogP contribution in [0.5, 0.6) is 0 Å². The van der Waals surface area contributed by atoms with E-state index in [0.717, 1.165) is 19.4 Å². The Morgan fingerprint density at radius 1 is 1.43 bits per heavy atom. The third-order valence-electron chi connectivity index (χ3n) is 1.93. The lowest BCUT2D eigenvalue weighted by Gasteiger charge is -2.11. The molecular weight excluding hydrogens is 199 g/mol. The maximum Gasteiger partial charge on any atom is 0.413 e. The minimum absolute atomic E-state index is 0.178. The molecule has 1 aliphatic rings. The number of hydrogen-bond acceptors (Lipinski definition) is 3. The minimum atomic E-state index is -4.27. The van der Waals surface area contributed by atoms with E-state index in [1.807, 2.05) is 0 Å². The molecule has 0 saturated carbocycles. The third-order valence-corrected chi connectivity index (χ3v) is 1.93. The van der Waals surface area contributed by atoms with Crippen LogP contribution < -0.4 is 5.48 Å². The van der Waals surface area contributed by atoms with Crippen molar-refractivity contribution >= 4 is 0 Å². The molecule has 0 aromatic rings. The van der Waals surface area contributed by atoms with Crippen LogP contribution in [0.4, 0.5) is 13.2 Å². The highest BCUT2D eigenvalue weighted by atomic mass is 19.4. The highest BCUT2D eigenvalue weighted by Gasteiger charge is 2.27. The molecule has 0 aliphatic carbocycles. The van der Waals surface area contributed by atoms with Crippen molar-refractivity contribution in [1.29, 1.82) is 0 Å². The average Bonchev–Trinajstić information content (AvgIpc) is 2.54. The highest BCUT2D eigenvalue weighted by Crippen LogP contribution is 2.15. The molecule has 1 unspecified atom stereocenters. The summed E-state index contributed by atoms with van der Waals surface area (Å²) in [5.74, 6) is 0. The highest BCUT2D eigenvalue weighted by molar-refractivity contribution is 4.64. The van der Waals surface area contributed by atoms with Crippen molar-refractivity contribution in [1.82, 2.24) is 5.48 Å². The van der Waals surface area contributed by atoms with Crippen molar-refractivity contribution < 1.29 is 22.7 Å². The number of hydrogen-bond donors (Lipinski definition) is 1. The Morgan fingerprint density at radius 3 is 2.79 bits per heavy atom. The number of nitrogens with one attached hydrogen (secondary N) is 1. The van der Waals surface area contributed by atoms with E-state index >= 15 is 0 Å². The van der Waals surface area contributed by atoms with E-state index in [-0.39, 0.29) is 6.10 Å². The molecular formula is C8H14F3NO2. The summed E-state index contributed by atoms with van der Waals surface area (Å²) in [5.41, 5.74) is 2.27. The summed E-state index contributed by atoms with van der Waals surface area (Å²) in [5, 5.41) is 0. The molecule has 1 atom stereocenters. The second kappa shape index (κ2) is 5.53. The van der Waals surface area contributed by atoms with Gasteiger partial charge in [-0.3, -0.25) is 4.84 Å². The Bertz CT molecular complexity index is 157. The fraction of sp³-hybridized carbons (Fsp3) is 1.00. The zero-order valence-electron chi connectivity index (χ0n) is 7.77. The van der Waals surface area contributed by atoms with Crippen LogP contribution in [-0.2, 0) is 9.57 Å². The van der Waals surface area contributed by atoms with Gasteiger partial charge in [0, 0.05) is 13.2 Å². The van der Waals surface area contributed by atoms with Crippen LogP contribution in [-0.4, -0.2) is 32.0 Å². The van der Waals surface area contributed by atoms with Crippen molar-refractivity contribution in [3.05, 3.63) is 0 Å². The topological polar surface area (TPSA) is 30.5 Å². The quantitative estimate of drug-likeness (QED) is 0.556. The van der Waals surface area contributed by atoms with Gasteiger partial charge in [0.15, 0.2) is 6.61 Å². The van der Waals surface area contributed by atoms with Crippen LogP contribution in [0.25, 0.3) is 0 Å². The monoisotopic (exact) mass is 213 g/mol. The van der Waals surface area contributed by atoms with Gasteiger partial charge in [0.05, 0.1) is 6.10 Å². The Morgan fingerprint density at radius 2 is 2.21 bits per heavy atom. The molecule has 3 nitrogen and oxygen atoms in total. The molecule has 0 radical (unpaired) electrons. The minimum Gasteiger partial charge on any atom is -0.378 e. The molecule has 6 heteroatoms. The van der Waals surface area contributed by atoms with E-state index in [0.29, 0.717) is 13.0 Å². The van der Waals surface area contributed by atoms with Gasteiger partial charge in [-0.15, -0.1) is 0 Å². The summed E-state index contributed by atoms with van der Waals surface area (Å²) in [6.45, 7) is -0.104. The lowest BCUT2D eigenvalue weighted by Crippen LogP contribution is -2.27. The van der Waals surface area contributed by atoms with Gasteiger partial charge in [0.25, 0.3) is 0 Å². The number of halogens is 3. The van der Waals surface area contributed by atoms with Crippen LogP contribution in [0.2, 0.25) is 0 Å². The van der Waals surface area contributed by atoms with E-state index in [2.05, 4.69) is 10.3 Å². The van der Waals surface area contributed by atoms with Crippen molar-refractivity contribution in [2.45, 2.75) is 31.5 Å². The number of alkyl halides is 3. The van der Waals surface area contributed by atoms with Crippen LogP contribution in [0.15, 0.2) is 0 Å².